The van der Waals surface area contributed by atoms with Gasteiger partial charge in [0.25, 0.3) is 0 Å². The number of hydrogen-bond donors (Lipinski definition) is 2. The van der Waals surface area contributed by atoms with Crippen LogP contribution in [0.3, 0.4) is 0 Å². The molecular formula is C12H17ClN4O2S. The van der Waals surface area contributed by atoms with Crippen molar-refractivity contribution in [2.45, 2.75) is 0 Å². The number of nitrogen functional groups attached to an aromatic ring is 1. The van der Waals surface area contributed by atoms with Gasteiger partial charge in [-0.05, 0) is 12.1 Å². The second kappa shape index (κ2) is 5.59. The molecule has 6 nitrogen and oxygen atoms in total. The van der Waals surface area contributed by atoms with Gasteiger partial charge in [-0.3, -0.25) is 5.41 Å². The minimum absolute atomic E-state index is 0.0869. The number of rotatable bonds is 3. The Morgan fingerprint density at radius 3 is 2.40 bits per heavy atom. The highest BCUT2D eigenvalue weighted by atomic mass is 35.5. The minimum Gasteiger partial charge on any atom is -0.384 e. The molecule has 1 aliphatic heterocycles. The summed E-state index contributed by atoms with van der Waals surface area (Å²) in [4.78, 5) is 2.00. The molecule has 0 atom stereocenters. The van der Waals surface area contributed by atoms with Crippen molar-refractivity contribution in [3.8, 4) is 0 Å². The smallest absolute Gasteiger partial charge is 0.211 e. The fourth-order valence-electron chi connectivity index (χ4n) is 2.30. The van der Waals surface area contributed by atoms with E-state index in [4.69, 9.17) is 22.7 Å². The largest absolute Gasteiger partial charge is 0.384 e. The van der Waals surface area contributed by atoms with Crippen LogP contribution in [0.4, 0.5) is 5.69 Å². The van der Waals surface area contributed by atoms with Gasteiger partial charge in [-0.2, -0.15) is 4.31 Å². The molecule has 0 radical (unpaired) electrons. The summed E-state index contributed by atoms with van der Waals surface area (Å²) in [7, 11) is -3.15. The number of sulfonamides is 1. The number of nitrogens with one attached hydrogen (secondary N) is 1. The van der Waals surface area contributed by atoms with Gasteiger partial charge in [-0.1, -0.05) is 17.7 Å². The van der Waals surface area contributed by atoms with Crippen LogP contribution < -0.4 is 10.6 Å². The van der Waals surface area contributed by atoms with E-state index in [2.05, 4.69) is 0 Å². The lowest BCUT2D eigenvalue weighted by molar-refractivity contribution is 0.388. The highest BCUT2D eigenvalue weighted by Crippen LogP contribution is 2.28. The number of halogens is 1. The van der Waals surface area contributed by atoms with Crippen molar-refractivity contribution in [3.05, 3.63) is 28.8 Å². The zero-order chi connectivity index (χ0) is 14.9. The third-order valence-electron chi connectivity index (χ3n) is 3.31. The van der Waals surface area contributed by atoms with Crippen molar-refractivity contribution in [2.75, 3.05) is 37.3 Å². The van der Waals surface area contributed by atoms with Gasteiger partial charge in [0.1, 0.15) is 5.84 Å². The number of nitrogens with zero attached hydrogens (tertiary/aromatic N) is 2. The monoisotopic (exact) mass is 316 g/mol. The summed E-state index contributed by atoms with van der Waals surface area (Å²) < 4.78 is 24.4. The van der Waals surface area contributed by atoms with Crippen LogP contribution in [0.25, 0.3) is 0 Å². The second-order valence-electron chi connectivity index (χ2n) is 4.70. The van der Waals surface area contributed by atoms with Crippen molar-refractivity contribution in [1.82, 2.24) is 4.31 Å². The topological polar surface area (TPSA) is 90.5 Å². The number of hydrogen-bond acceptors (Lipinski definition) is 4. The molecule has 0 saturated carbocycles. The van der Waals surface area contributed by atoms with E-state index in [9.17, 15) is 8.42 Å². The lowest BCUT2D eigenvalue weighted by Crippen LogP contribution is -2.48. The molecule has 1 aliphatic rings. The third kappa shape index (κ3) is 3.05. The van der Waals surface area contributed by atoms with Crippen molar-refractivity contribution >= 4 is 33.1 Å². The Morgan fingerprint density at radius 1 is 1.30 bits per heavy atom. The van der Waals surface area contributed by atoms with E-state index in [-0.39, 0.29) is 5.84 Å². The molecule has 1 heterocycles. The third-order valence-corrected chi connectivity index (χ3v) is 4.93. The lowest BCUT2D eigenvalue weighted by Gasteiger charge is -2.35. The molecule has 0 aromatic heterocycles. The lowest BCUT2D eigenvalue weighted by atomic mass is 10.1. The maximum absolute atomic E-state index is 11.5. The first kappa shape index (κ1) is 15.1. The first-order chi connectivity index (χ1) is 9.30. The molecular weight excluding hydrogens is 300 g/mol. The number of amidine groups is 1. The molecule has 3 N–H and O–H groups in total. The normalized spacial score (nSPS) is 17.2. The van der Waals surface area contributed by atoms with Crippen LogP contribution in [0.1, 0.15) is 5.56 Å². The highest BCUT2D eigenvalue weighted by Gasteiger charge is 2.25. The van der Waals surface area contributed by atoms with Gasteiger partial charge >= 0.3 is 0 Å². The van der Waals surface area contributed by atoms with E-state index in [0.717, 1.165) is 5.69 Å². The Hall–Kier alpha value is -1.31. The molecule has 8 heteroatoms. The first-order valence-corrected chi connectivity index (χ1v) is 8.36. The molecule has 1 fully saturated rings. The fraction of sp³-hybridized carbons (Fsp3) is 0.417. The van der Waals surface area contributed by atoms with E-state index in [1.807, 2.05) is 11.0 Å². The molecule has 0 amide bonds. The summed E-state index contributed by atoms with van der Waals surface area (Å²) in [6.07, 6.45) is 1.21. The quantitative estimate of drug-likeness (QED) is 0.634. The van der Waals surface area contributed by atoms with Gasteiger partial charge in [0, 0.05) is 31.9 Å². The van der Waals surface area contributed by atoms with Crippen molar-refractivity contribution in [3.63, 3.8) is 0 Å². The van der Waals surface area contributed by atoms with Gasteiger partial charge in [0.15, 0.2) is 0 Å². The standard InChI is InChI=1S/C12H17ClN4O2S/c1-20(18,19)17-7-5-16(6-8-17)10-4-2-3-9(13)11(10)12(14)15/h2-4H,5-8H2,1H3,(H3,14,15). The summed E-state index contributed by atoms with van der Waals surface area (Å²) >= 11 is 6.09. The minimum atomic E-state index is -3.15. The zero-order valence-electron chi connectivity index (χ0n) is 11.1. The second-order valence-corrected chi connectivity index (χ2v) is 7.09. The van der Waals surface area contributed by atoms with E-state index in [1.165, 1.54) is 10.6 Å². The van der Waals surface area contributed by atoms with Crippen LogP contribution in [-0.2, 0) is 10.0 Å². The molecule has 0 unspecified atom stereocenters. The van der Waals surface area contributed by atoms with Crippen LogP contribution in [0, 0.1) is 5.41 Å². The number of nitrogens with two attached hydrogens (primary N) is 1. The van der Waals surface area contributed by atoms with Crippen molar-refractivity contribution in [1.29, 1.82) is 5.41 Å². The maximum Gasteiger partial charge on any atom is 0.211 e. The molecule has 1 aromatic carbocycles. The summed E-state index contributed by atoms with van der Waals surface area (Å²) in [5, 5.41) is 8.07. The number of benzene rings is 1. The summed E-state index contributed by atoms with van der Waals surface area (Å²) in [6.45, 7) is 1.94. The Morgan fingerprint density at radius 2 is 1.90 bits per heavy atom. The van der Waals surface area contributed by atoms with Crippen LogP contribution in [0.15, 0.2) is 18.2 Å². The highest BCUT2D eigenvalue weighted by molar-refractivity contribution is 7.88. The van der Waals surface area contributed by atoms with Crippen LogP contribution in [-0.4, -0.2) is 51.0 Å². The van der Waals surface area contributed by atoms with Crippen molar-refractivity contribution in [2.24, 2.45) is 5.73 Å². The van der Waals surface area contributed by atoms with Gasteiger partial charge in [0.05, 0.1) is 16.8 Å². The molecule has 2 rings (SSSR count). The molecule has 0 bridgehead atoms. The average molecular weight is 317 g/mol. The van der Waals surface area contributed by atoms with Gasteiger partial charge in [0.2, 0.25) is 10.0 Å². The molecule has 0 aliphatic carbocycles. The molecule has 20 heavy (non-hydrogen) atoms. The number of anilines is 1. The Labute approximate surface area is 123 Å². The van der Waals surface area contributed by atoms with E-state index in [1.54, 1.807) is 12.1 Å². The number of piperazine rings is 1. The Balaban J connectivity index is 2.24. The van der Waals surface area contributed by atoms with Crippen LogP contribution in [0.5, 0.6) is 0 Å². The predicted molar refractivity (Wildman–Crippen MR) is 81.1 cm³/mol. The molecule has 1 aromatic rings. The maximum atomic E-state index is 11.5. The zero-order valence-corrected chi connectivity index (χ0v) is 12.7. The molecule has 110 valence electrons. The van der Waals surface area contributed by atoms with E-state index < -0.39 is 10.0 Å². The summed E-state index contributed by atoms with van der Waals surface area (Å²) in [5.41, 5.74) is 6.86. The van der Waals surface area contributed by atoms with Crippen molar-refractivity contribution < 1.29 is 8.42 Å². The summed E-state index contributed by atoms with van der Waals surface area (Å²) in [5.74, 6) is -0.0869. The average Bonchev–Trinajstić information content (AvgIpc) is 2.37. The van der Waals surface area contributed by atoms with E-state index >= 15 is 0 Å². The Bertz CT molecular complexity index is 624. The van der Waals surface area contributed by atoms with Crippen LogP contribution >= 0.6 is 11.6 Å². The fourth-order valence-corrected chi connectivity index (χ4v) is 3.40. The molecule has 1 saturated heterocycles. The molecule has 0 spiro atoms. The van der Waals surface area contributed by atoms with Gasteiger partial charge < -0.3 is 10.6 Å². The van der Waals surface area contributed by atoms with E-state index in [0.29, 0.717) is 36.8 Å². The SMILES string of the molecule is CS(=O)(=O)N1CCN(c2cccc(Cl)c2C(=N)N)CC1. The van der Waals surface area contributed by atoms with Gasteiger partial charge in [-0.15, -0.1) is 0 Å². The van der Waals surface area contributed by atoms with Crippen LogP contribution in [0.2, 0.25) is 5.02 Å². The first-order valence-electron chi connectivity index (χ1n) is 6.13. The summed E-state index contributed by atoms with van der Waals surface area (Å²) in [6, 6.07) is 5.33. The predicted octanol–water partition coefficient (Wildman–Crippen LogP) is 0.706. The van der Waals surface area contributed by atoms with Gasteiger partial charge in [-0.25, -0.2) is 8.42 Å². The Kier molecular flexibility index (Phi) is 4.22.